The molecule has 1 saturated carbocycles. The molecule has 26 heavy (non-hydrogen) atoms. The minimum Gasteiger partial charge on any atom is -0.493 e. The van der Waals surface area contributed by atoms with Gasteiger partial charge in [0, 0.05) is 12.8 Å². The fourth-order valence-corrected chi connectivity index (χ4v) is 3.71. The molecule has 0 aromatic heterocycles. The number of aliphatic imine (C=N–C) groups is 1. The molecule has 0 unspecified atom stereocenters. The molecule has 1 fully saturated rings. The van der Waals surface area contributed by atoms with E-state index in [-0.39, 0.29) is 11.6 Å². The molecule has 0 radical (unpaired) electrons. The van der Waals surface area contributed by atoms with Gasteiger partial charge in [0.2, 0.25) is 5.90 Å². The topological polar surface area (TPSA) is 74.2 Å². The standard InChI is InChI=1S/C19H20BrNO5/c1-11(22)25-17-14(20)8-12(10-16(17)24-2)9-15-19(23)26-18(21-15)13-6-4-3-5-7-13/h8-10,13H,3-7H2,1-2H3/b15-9+. The van der Waals surface area contributed by atoms with Gasteiger partial charge in [-0.05, 0) is 52.5 Å². The van der Waals surface area contributed by atoms with Gasteiger partial charge in [0.25, 0.3) is 0 Å². The number of halogens is 1. The van der Waals surface area contributed by atoms with Crippen LogP contribution < -0.4 is 9.47 Å². The number of hydrogen-bond acceptors (Lipinski definition) is 6. The van der Waals surface area contributed by atoms with Crippen molar-refractivity contribution in [2.45, 2.75) is 39.0 Å². The average molecular weight is 422 g/mol. The van der Waals surface area contributed by atoms with Gasteiger partial charge in [-0.2, -0.15) is 0 Å². The summed E-state index contributed by atoms with van der Waals surface area (Å²) in [6, 6.07) is 3.41. The molecule has 0 amide bonds. The molecule has 0 spiro atoms. The third-order valence-corrected chi connectivity index (χ3v) is 4.98. The van der Waals surface area contributed by atoms with E-state index in [1.165, 1.54) is 20.5 Å². The van der Waals surface area contributed by atoms with E-state index in [2.05, 4.69) is 20.9 Å². The second kappa shape index (κ2) is 8.03. The molecule has 0 saturated heterocycles. The summed E-state index contributed by atoms with van der Waals surface area (Å²) in [4.78, 5) is 27.8. The quantitative estimate of drug-likeness (QED) is 0.412. The SMILES string of the molecule is COc1cc(/C=C2/N=C(C3CCCCC3)OC2=O)cc(Br)c1OC(C)=O. The predicted octanol–water partition coefficient (Wildman–Crippen LogP) is 4.26. The van der Waals surface area contributed by atoms with Crippen LogP contribution in [0.15, 0.2) is 27.3 Å². The van der Waals surface area contributed by atoms with Crippen LogP contribution in [-0.2, 0) is 14.3 Å². The Morgan fingerprint density at radius 3 is 2.69 bits per heavy atom. The number of carbonyl (C=O) groups excluding carboxylic acids is 2. The number of rotatable bonds is 4. The number of carbonyl (C=O) groups is 2. The highest BCUT2D eigenvalue weighted by Crippen LogP contribution is 2.38. The first kappa shape index (κ1) is 18.6. The number of cyclic esters (lactones) is 1. The number of benzene rings is 1. The van der Waals surface area contributed by atoms with Crippen molar-refractivity contribution in [1.29, 1.82) is 0 Å². The highest BCUT2D eigenvalue weighted by atomic mass is 79.9. The molecule has 1 aliphatic carbocycles. The van der Waals surface area contributed by atoms with Crippen molar-refractivity contribution in [1.82, 2.24) is 0 Å². The highest BCUT2D eigenvalue weighted by molar-refractivity contribution is 9.10. The summed E-state index contributed by atoms with van der Waals surface area (Å²) >= 11 is 3.37. The summed E-state index contributed by atoms with van der Waals surface area (Å²) < 4.78 is 16.4. The molecule has 0 N–H and O–H groups in total. The maximum atomic E-state index is 12.2. The fourth-order valence-electron chi connectivity index (χ4n) is 3.17. The average Bonchev–Trinajstić information content (AvgIpc) is 2.98. The number of nitrogens with zero attached hydrogens (tertiary/aromatic N) is 1. The third-order valence-electron chi connectivity index (χ3n) is 4.39. The van der Waals surface area contributed by atoms with Crippen LogP contribution in [0.2, 0.25) is 0 Å². The zero-order chi connectivity index (χ0) is 18.7. The van der Waals surface area contributed by atoms with Crippen LogP contribution in [0.3, 0.4) is 0 Å². The van der Waals surface area contributed by atoms with Gasteiger partial charge in [0.05, 0.1) is 11.6 Å². The normalized spacial score (nSPS) is 19.3. The maximum Gasteiger partial charge on any atom is 0.363 e. The minimum atomic E-state index is -0.448. The fraction of sp³-hybridized carbons (Fsp3) is 0.421. The number of hydrogen-bond donors (Lipinski definition) is 0. The summed E-state index contributed by atoms with van der Waals surface area (Å²) in [6.45, 7) is 1.32. The third kappa shape index (κ3) is 4.15. The maximum absolute atomic E-state index is 12.2. The van der Waals surface area contributed by atoms with Gasteiger partial charge in [-0.1, -0.05) is 19.3 Å². The van der Waals surface area contributed by atoms with Crippen molar-refractivity contribution < 1.29 is 23.8 Å². The van der Waals surface area contributed by atoms with Crippen molar-refractivity contribution in [3.8, 4) is 11.5 Å². The van der Waals surface area contributed by atoms with Gasteiger partial charge in [0.15, 0.2) is 17.2 Å². The first-order chi connectivity index (χ1) is 12.5. The van der Waals surface area contributed by atoms with Crippen molar-refractivity contribution in [2.24, 2.45) is 10.9 Å². The summed E-state index contributed by atoms with van der Waals surface area (Å²) in [6.07, 6.45) is 7.17. The molecule has 7 heteroatoms. The van der Waals surface area contributed by atoms with Crippen LogP contribution >= 0.6 is 15.9 Å². The van der Waals surface area contributed by atoms with Gasteiger partial charge in [-0.15, -0.1) is 0 Å². The lowest BCUT2D eigenvalue weighted by atomic mass is 9.89. The first-order valence-corrected chi connectivity index (χ1v) is 9.35. The lowest BCUT2D eigenvalue weighted by Crippen LogP contribution is -2.19. The molecule has 1 heterocycles. The summed E-state index contributed by atoms with van der Waals surface area (Å²) in [7, 11) is 1.48. The monoisotopic (exact) mass is 421 g/mol. The molecule has 0 atom stereocenters. The van der Waals surface area contributed by atoms with Crippen LogP contribution in [-0.4, -0.2) is 24.9 Å². The minimum absolute atomic E-state index is 0.228. The van der Waals surface area contributed by atoms with E-state index in [0.717, 1.165) is 25.7 Å². The van der Waals surface area contributed by atoms with Crippen LogP contribution in [0.25, 0.3) is 6.08 Å². The van der Waals surface area contributed by atoms with Crippen molar-refractivity contribution in [2.75, 3.05) is 7.11 Å². The van der Waals surface area contributed by atoms with Gasteiger partial charge in [-0.25, -0.2) is 9.79 Å². The van der Waals surface area contributed by atoms with Crippen molar-refractivity contribution in [3.05, 3.63) is 27.9 Å². The molecule has 1 aromatic rings. The summed E-state index contributed by atoms with van der Waals surface area (Å²) in [5, 5.41) is 0. The molecule has 6 nitrogen and oxygen atoms in total. The number of ether oxygens (including phenoxy) is 3. The Morgan fingerprint density at radius 1 is 1.31 bits per heavy atom. The van der Waals surface area contributed by atoms with E-state index < -0.39 is 11.9 Å². The zero-order valence-corrected chi connectivity index (χ0v) is 16.3. The van der Waals surface area contributed by atoms with Gasteiger partial charge in [-0.3, -0.25) is 4.79 Å². The summed E-state index contributed by atoms with van der Waals surface area (Å²) in [5.41, 5.74) is 0.949. The van der Waals surface area contributed by atoms with Crippen LogP contribution in [0.5, 0.6) is 11.5 Å². The lowest BCUT2D eigenvalue weighted by molar-refractivity contribution is -0.132. The molecule has 3 rings (SSSR count). The van der Waals surface area contributed by atoms with Crippen LogP contribution in [0.4, 0.5) is 0 Å². The Bertz CT molecular complexity index is 793. The molecule has 2 aliphatic rings. The Hall–Kier alpha value is -2.15. The Morgan fingerprint density at radius 2 is 2.04 bits per heavy atom. The lowest BCUT2D eigenvalue weighted by Gasteiger charge is -2.19. The van der Waals surface area contributed by atoms with E-state index in [1.54, 1.807) is 18.2 Å². The van der Waals surface area contributed by atoms with Crippen LogP contribution in [0, 0.1) is 5.92 Å². The molecular formula is C19H20BrNO5. The van der Waals surface area contributed by atoms with Crippen LogP contribution in [0.1, 0.15) is 44.6 Å². The molecule has 0 bridgehead atoms. The molecule has 1 aliphatic heterocycles. The Balaban J connectivity index is 1.89. The van der Waals surface area contributed by atoms with Gasteiger partial charge < -0.3 is 14.2 Å². The van der Waals surface area contributed by atoms with E-state index in [9.17, 15) is 9.59 Å². The molecular weight excluding hydrogens is 402 g/mol. The molecule has 138 valence electrons. The Kier molecular flexibility index (Phi) is 5.76. The van der Waals surface area contributed by atoms with Crippen molar-refractivity contribution >= 4 is 39.8 Å². The van der Waals surface area contributed by atoms with E-state index in [0.29, 0.717) is 27.4 Å². The summed E-state index contributed by atoms with van der Waals surface area (Å²) in [5.74, 6) is 0.544. The first-order valence-electron chi connectivity index (χ1n) is 8.56. The second-order valence-corrected chi connectivity index (χ2v) is 7.19. The number of methoxy groups -OCH3 is 1. The predicted molar refractivity (Wildman–Crippen MR) is 100 cm³/mol. The van der Waals surface area contributed by atoms with E-state index in [1.807, 2.05) is 0 Å². The van der Waals surface area contributed by atoms with E-state index in [4.69, 9.17) is 14.2 Å². The Labute approximate surface area is 160 Å². The zero-order valence-electron chi connectivity index (χ0n) is 14.7. The highest BCUT2D eigenvalue weighted by Gasteiger charge is 2.30. The van der Waals surface area contributed by atoms with Crippen molar-refractivity contribution in [3.63, 3.8) is 0 Å². The molecule has 1 aromatic carbocycles. The van der Waals surface area contributed by atoms with E-state index >= 15 is 0 Å². The second-order valence-electron chi connectivity index (χ2n) is 6.33. The largest absolute Gasteiger partial charge is 0.493 e. The van der Waals surface area contributed by atoms with Gasteiger partial charge >= 0.3 is 11.9 Å². The number of esters is 2. The smallest absolute Gasteiger partial charge is 0.363 e. The van der Waals surface area contributed by atoms with Gasteiger partial charge in [0.1, 0.15) is 0 Å².